The smallest absolute Gasteiger partial charge is 0.225 e. The monoisotopic (exact) mass is 430 g/mol. The molecule has 4 aromatic rings. The zero-order chi connectivity index (χ0) is 21.5. The van der Waals surface area contributed by atoms with Crippen LogP contribution in [0, 0.1) is 5.92 Å². The maximum atomic E-state index is 12.3. The number of amides is 1. The molecule has 0 unspecified atom stereocenters. The topological polar surface area (TPSA) is 110 Å². The molecule has 1 amide bonds. The third-order valence-electron chi connectivity index (χ3n) is 6.16. The van der Waals surface area contributed by atoms with Crippen molar-refractivity contribution in [2.45, 2.75) is 31.8 Å². The van der Waals surface area contributed by atoms with Crippen molar-refractivity contribution in [3.8, 4) is 28.5 Å². The van der Waals surface area contributed by atoms with Crippen LogP contribution in [0.15, 0.2) is 47.0 Å². The number of aromatic nitrogens is 5. The van der Waals surface area contributed by atoms with Gasteiger partial charge in [0.1, 0.15) is 17.4 Å². The van der Waals surface area contributed by atoms with Crippen LogP contribution in [-0.4, -0.2) is 55.8 Å². The third-order valence-corrected chi connectivity index (χ3v) is 6.16. The fourth-order valence-electron chi connectivity index (χ4n) is 4.26. The van der Waals surface area contributed by atoms with Gasteiger partial charge in [0, 0.05) is 43.0 Å². The van der Waals surface area contributed by atoms with Crippen molar-refractivity contribution in [3.05, 3.63) is 42.5 Å². The van der Waals surface area contributed by atoms with Crippen molar-refractivity contribution in [3.63, 3.8) is 0 Å². The van der Waals surface area contributed by atoms with Gasteiger partial charge in [-0.2, -0.15) is 5.21 Å². The Morgan fingerprint density at radius 3 is 2.72 bits per heavy atom. The highest BCUT2D eigenvalue weighted by Crippen LogP contribution is 2.34. The highest BCUT2D eigenvalue weighted by molar-refractivity contribution is 5.94. The van der Waals surface area contributed by atoms with E-state index in [0.717, 1.165) is 66.6 Å². The van der Waals surface area contributed by atoms with Crippen LogP contribution in [0.5, 0.6) is 5.75 Å². The van der Waals surface area contributed by atoms with Crippen molar-refractivity contribution >= 4 is 16.8 Å². The largest absolute Gasteiger partial charge is 0.490 e. The van der Waals surface area contributed by atoms with Crippen molar-refractivity contribution < 1.29 is 14.1 Å². The first kappa shape index (κ1) is 19.0. The van der Waals surface area contributed by atoms with Gasteiger partial charge in [0.05, 0.1) is 5.39 Å². The van der Waals surface area contributed by atoms with Gasteiger partial charge in [0.2, 0.25) is 11.7 Å². The number of benzene rings is 2. The predicted octanol–water partition coefficient (Wildman–Crippen LogP) is 3.45. The minimum absolute atomic E-state index is 0.102. The van der Waals surface area contributed by atoms with Gasteiger partial charge in [0.15, 0.2) is 5.76 Å². The molecule has 1 saturated heterocycles. The van der Waals surface area contributed by atoms with Crippen molar-refractivity contribution in [2.75, 3.05) is 13.1 Å². The highest BCUT2D eigenvalue weighted by atomic mass is 16.5. The van der Waals surface area contributed by atoms with Gasteiger partial charge in [-0.15, -0.1) is 10.2 Å². The van der Waals surface area contributed by atoms with E-state index < -0.39 is 0 Å². The summed E-state index contributed by atoms with van der Waals surface area (Å²) in [6.07, 6.45) is 3.90. The quantitative estimate of drug-likeness (QED) is 0.516. The molecule has 0 spiro atoms. The van der Waals surface area contributed by atoms with Crippen molar-refractivity contribution in [1.29, 1.82) is 0 Å². The lowest BCUT2D eigenvalue weighted by Gasteiger charge is -2.32. The van der Waals surface area contributed by atoms with E-state index in [9.17, 15) is 4.79 Å². The predicted molar refractivity (Wildman–Crippen MR) is 116 cm³/mol. The van der Waals surface area contributed by atoms with Crippen LogP contribution >= 0.6 is 0 Å². The molecule has 2 fully saturated rings. The van der Waals surface area contributed by atoms with Crippen LogP contribution < -0.4 is 4.74 Å². The number of likely N-dealkylation sites (tertiary alicyclic amines) is 1. The molecule has 32 heavy (non-hydrogen) atoms. The first-order valence-electron chi connectivity index (χ1n) is 10.9. The van der Waals surface area contributed by atoms with E-state index in [4.69, 9.17) is 9.26 Å². The molecule has 0 bridgehead atoms. The van der Waals surface area contributed by atoms with Crippen LogP contribution in [0.25, 0.3) is 33.6 Å². The van der Waals surface area contributed by atoms with Crippen LogP contribution in [0.2, 0.25) is 0 Å². The van der Waals surface area contributed by atoms with Gasteiger partial charge in [-0.05, 0) is 48.4 Å². The summed E-state index contributed by atoms with van der Waals surface area (Å²) in [5.41, 5.74) is 2.47. The Labute approximate surface area is 183 Å². The van der Waals surface area contributed by atoms with E-state index in [0.29, 0.717) is 17.5 Å². The van der Waals surface area contributed by atoms with E-state index in [-0.39, 0.29) is 12.0 Å². The molecular weight excluding hydrogens is 408 g/mol. The lowest BCUT2D eigenvalue weighted by molar-refractivity contribution is -0.134. The van der Waals surface area contributed by atoms with E-state index >= 15 is 0 Å². The molecule has 9 heteroatoms. The Balaban J connectivity index is 1.20. The molecule has 6 rings (SSSR count). The molecule has 1 saturated carbocycles. The number of hydrogen-bond donors (Lipinski definition) is 1. The summed E-state index contributed by atoms with van der Waals surface area (Å²) < 4.78 is 11.9. The second-order valence-electron chi connectivity index (χ2n) is 8.42. The number of H-pyrrole nitrogens is 1. The Morgan fingerprint density at radius 1 is 1.06 bits per heavy atom. The molecule has 1 N–H and O–H groups in total. The summed E-state index contributed by atoms with van der Waals surface area (Å²) in [4.78, 5) is 14.3. The van der Waals surface area contributed by atoms with E-state index in [2.05, 4.69) is 25.8 Å². The lowest BCUT2D eigenvalue weighted by atomic mass is 10.1. The lowest BCUT2D eigenvalue weighted by Crippen LogP contribution is -2.42. The number of carbonyl (C=O) groups excluding carboxylic acids is 1. The zero-order valence-corrected chi connectivity index (χ0v) is 17.4. The zero-order valence-electron chi connectivity index (χ0n) is 17.4. The number of tetrazole rings is 1. The van der Waals surface area contributed by atoms with Crippen molar-refractivity contribution in [1.82, 2.24) is 30.7 Å². The number of nitrogens with zero attached hydrogens (tertiary/aromatic N) is 5. The summed E-state index contributed by atoms with van der Waals surface area (Å²) in [7, 11) is 0. The van der Waals surface area contributed by atoms with Crippen molar-refractivity contribution in [2.24, 2.45) is 5.92 Å². The Hall–Kier alpha value is -3.75. The third kappa shape index (κ3) is 3.59. The molecule has 0 radical (unpaired) electrons. The Kier molecular flexibility index (Phi) is 4.59. The summed E-state index contributed by atoms with van der Waals surface area (Å²) >= 11 is 0. The number of hydrogen-bond acceptors (Lipinski definition) is 7. The number of ether oxygens (including phenoxy) is 1. The Bertz CT molecular complexity index is 1260. The first-order chi connectivity index (χ1) is 15.7. The highest BCUT2D eigenvalue weighted by Gasteiger charge is 2.35. The summed E-state index contributed by atoms with van der Waals surface area (Å²) in [6.45, 7) is 1.54. The van der Waals surface area contributed by atoms with Crippen LogP contribution in [-0.2, 0) is 4.79 Å². The molecule has 3 heterocycles. The summed E-state index contributed by atoms with van der Waals surface area (Å²) in [5.74, 6) is 2.57. The number of fused-ring (bicyclic) bond motifs is 1. The second kappa shape index (κ2) is 7.74. The average molecular weight is 430 g/mol. The maximum absolute atomic E-state index is 12.3. The normalized spacial score (nSPS) is 17.1. The standard InChI is InChI=1S/C23H22N6O3/c30-23(14-4-5-14)29-10-8-17(9-11-29)31-18-3-1-2-15(12-18)21-19-13-16(22-24-27-28-25-22)6-7-20(19)26-32-21/h1-3,6-7,12-14,17H,4-5,8-11H2,(H,24,25,27,28). The second-order valence-corrected chi connectivity index (χ2v) is 8.42. The molecule has 2 aromatic carbocycles. The van der Waals surface area contributed by atoms with Crippen LogP contribution in [0.1, 0.15) is 25.7 Å². The fraction of sp³-hybridized carbons (Fsp3) is 0.348. The number of piperidine rings is 1. The molecule has 162 valence electrons. The Morgan fingerprint density at radius 2 is 1.94 bits per heavy atom. The number of nitrogens with one attached hydrogen (secondary N) is 1. The molecule has 1 aliphatic heterocycles. The van der Waals surface area contributed by atoms with Gasteiger partial charge in [-0.25, -0.2) is 0 Å². The number of rotatable bonds is 5. The van der Waals surface area contributed by atoms with Crippen LogP contribution in [0.4, 0.5) is 0 Å². The molecule has 2 aromatic heterocycles. The number of carbonyl (C=O) groups is 1. The summed E-state index contributed by atoms with van der Waals surface area (Å²) in [6, 6.07) is 13.6. The van der Waals surface area contributed by atoms with E-state index in [1.165, 1.54) is 0 Å². The summed E-state index contributed by atoms with van der Waals surface area (Å²) in [5, 5.41) is 19.3. The van der Waals surface area contributed by atoms with E-state index in [1.807, 2.05) is 47.4 Å². The molecule has 2 aliphatic rings. The minimum Gasteiger partial charge on any atom is -0.490 e. The molecular formula is C23H22N6O3. The number of aromatic amines is 1. The first-order valence-corrected chi connectivity index (χ1v) is 10.9. The van der Waals surface area contributed by atoms with Crippen LogP contribution in [0.3, 0.4) is 0 Å². The van der Waals surface area contributed by atoms with Gasteiger partial charge in [-0.3, -0.25) is 4.79 Å². The van der Waals surface area contributed by atoms with Gasteiger partial charge in [-0.1, -0.05) is 17.3 Å². The van der Waals surface area contributed by atoms with E-state index in [1.54, 1.807) is 0 Å². The average Bonchev–Trinajstić information content (AvgIpc) is 3.36. The van der Waals surface area contributed by atoms with Gasteiger partial charge < -0.3 is 14.2 Å². The molecule has 1 aliphatic carbocycles. The SMILES string of the molecule is O=C(C1CC1)N1CCC(Oc2cccc(-c3onc4ccc(-c5nn[nH]n5)cc34)c2)CC1. The maximum Gasteiger partial charge on any atom is 0.225 e. The molecule has 9 nitrogen and oxygen atoms in total. The minimum atomic E-state index is 0.102. The van der Waals surface area contributed by atoms with Gasteiger partial charge >= 0.3 is 0 Å². The molecule has 0 atom stereocenters. The van der Waals surface area contributed by atoms with Gasteiger partial charge in [0.25, 0.3) is 0 Å². The fourth-order valence-corrected chi connectivity index (χ4v) is 4.26.